The number of hydrogen-bond acceptors (Lipinski definition) is 2. The van der Waals surface area contributed by atoms with Gasteiger partial charge in [-0.25, -0.2) is 4.98 Å². The third-order valence-corrected chi connectivity index (χ3v) is 4.26. The summed E-state index contributed by atoms with van der Waals surface area (Å²) in [4.78, 5) is 4.84. The number of fused-ring (bicyclic) bond motifs is 1. The molecule has 0 saturated heterocycles. The quantitative estimate of drug-likeness (QED) is 0.531. The predicted octanol–water partition coefficient (Wildman–Crippen LogP) is 5.01. The molecule has 0 aliphatic carbocycles. The van der Waals surface area contributed by atoms with Crippen LogP contribution in [0.4, 0.5) is 0 Å². The second-order valence-corrected chi connectivity index (χ2v) is 5.85. The average molecular weight is 314 g/mol. The second-order valence-electron chi connectivity index (χ2n) is 5.85. The monoisotopic (exact) mass is 314 g/mol. The third kappa shape index (κ3) is 2.54. The van der Waals surface area contributed by atoms with Crippen LogP contribution >= 0.6 is 0 Å². The topological polar surface area (TPSA) is 27.1 Å². The van der Waals surface area contributed by atoms with E-state index < -0.39 is 0 Å². The number of aryl methyl sites for hydroxylation is 1. The second kappa shape index (κ2) is 5.85. The molecule has 0 saturated carbocycles. The molecule has 0 fully saturated rings. The van der Waals surface area contributed by atoms with E-state index in [-0.39, 0.29) is 0 Å². The Morgan fingerprint density at radius 3 is 2.54 bits per heavy atom. The van der Waals surface area contributed by atoms with Crippen molar-refractivity contribution in [3.63, 3.8) is 0 Å². The Labute approximate surface area is 141 Å². The van der Waals surface area contributed by atoms with Gasteiger partial charge in [-0.2, -0.15) is 0 Å². The first kappa shape index (κ1) is 14.5. The number of nitrogens with zero attached hydrogens (tertiary/aromatic N) is 2. The Balaban J connectivity index is 1.83. The van der Waals surface area contributed by atoms with E-state index in [1.54, 1.807) is 7.11 Å². The zero-order chi connectivity index (χ0) is 16.5. The Kier molecular flexibility index (Phi) is 3.54. The van der Waals surface area contributed by atoms with Crippen molar-refractivity contribution in [3.05, 3.63) is 78.6 Å². The number of rotatable bonds is 3. The Morgan fingerprint density at radius 1 is 0.917 bits per heavy atom. The molecule has 0 radical (unpaired) electrons. The number of methoxy groups -OCH3 is 1. The van der Waals surface area contributed by atoms with Gasteiger partial charge in [0.15, 0.2) is 0 Å². The van der Waals surface area contributed by atoms with Gasteiger partial charge in [0.2, 0.25) is 0 Å². The van der Waals surface area contributed by atoms with Crippen molar-refractivity contribution in [2.24, 2.45) is 0 Å². The van der Waals surface area contributed by atoms with Gasteiger partial charge in [0.05, 0.1) is 18.3 Å². The van der Waals surface area contributed by atoms with Crippen molar-refractivity contribution in [2.45, 2.75) is 6.92 Å². The summed E-state index contributed by atoms with van der Waals surface area (Å²) in [6.07, 6.45) is 4.12. The maximum absolute atomic E-state index is 5.31. The first-order valence-electron chi connectivity index (χ1n) is 7.94. The van der Waals surface area contributed by atoms with Crippen molar-refractivity contribution in [1.82, 2.24) is 9.55 Å². The first-order chi connectivity index (χ1) is 11.7. The molecule has 3 nitrogen and oxygen atoms in total. The highest BCUT2D eigenvalue weighted by Gasteiger charge is 2.07. The number of ether oxygens (including phenoxy) is 1. The smallest absolute Gasteiger partial charge is 0.119 e. The average Bonchev–Trinajstić information content (AvgIpc) is 3.15. The van der Waals surface area contributed by atoms with E-state index in [2.05, 4.69) is 54.2 Å². The fourth-order valence-electron chi connectivity index (χ4n) is 2.98. The fraction of sp³-hybridized carbons (Fsp3) is 0.0952. The minimum absolute atomic E-state index is 0.841. The van der Waals surface area contributed by atoms with E-state index in [1.165, 1.54) is 11.3 Å². The lowest BCUT2D eigenvalue weighted by atomic mass is 10.1. The largest absolute Gasteiger partial charge is 0.497 e. The summed E-state index contributed by atoms with van der Waals surface area (Å²) < 4.78 is 7.44. The van der Waals surface area contributed by atoms with Crippen LogP contribution in [0.1, 0.15) is 5.56 Å². The molecule has 2 heterocycles. The minimum Gasteiger partial charge on any atom is -0.497 e. The van der Waals surface area contributed by atoms with Crippen molar-refractivity contribution >= 4 is 10.9 Å². The maximum atomic E-state index is 5.31. The van der Waals surface area contributed by atoms with Gasteiger partial charge >= 0.3 is 0 Å². The van der Waals surface area contributed by atoms with Crippen molar-refractivity contribution in [1.29, 1.82) is 0 Å². The number of aromatic nitrogens is 2. The molecule has 118 valence electrons. The van der Waals surface area contributed by atoms with Crippen LogP contribution in [-0.4, -0.2) is 16.7 Å². The van der Waals surface area contributed by atoms with E-state index in [4.69, 9.17) is 9.72 Å². The Hall–Kier alpha value is -3.07. The zero-order valence-corrected chi connectivity index (χ0v) is 13.7. The summed E-state index contributed by atoms with van der Waals surface area (Å²) in [7, 11) is 1.68. The van der Waals surface area contributed by atoms with Gasteiger partial charge in [-0.15, -0.1) is 0 Å². The molecule has 2 aromatic carbocycles. The molecule has 0 atom stereocenters. The van der Waals surface area contributed by atoms with Gasteiger partial charge in [-0.05, 0) is 55.0 Å². The maximum Gasteiger partial charge on any atom is 0.119 e. The van der Waals surface area contributed by atoms with Crippen molar-refractivity contribution in [3.8, 4) is 22.7 Å². The van der Waals surface area contributed by atoms with Gasteiger partial charge in [0, 0.05) is 29.0 Å². The molecule has 0 spiro atoms. The van der Waals surface area contributed by atoms with Crippen LogP contribution in [0.15, 0.2) is 73.1 Å². The summed E-state index contributed by atoms with van der Waals surface area (Å²) in [5.41, 5.74) is 5.40. The van der Waals surface area contributed by atoms with Crippen LogP contribution in [0.25, 0.3) is 27.8 Å². The van der Waals surface area contributed by atoms with Gasteiger partial charge in [-0.3, -0.25) is 0 Å². The highest BCUT2D eigenvalue weighted by Crippen LogP contribution is 2.27. The molecule has 3 heteroatoms. The molecule has 0 N–H and O–H groups in total. The molecule has 0 bridgehead atoms. The van der Waals surface area contributed by atoms with Crippen LogP contribution in [0, 0.1) is 6.92 Å². The lowest BCUT2D eigenvalue weighted by Crippen LogP contribution is -1.95. The van der Waals surface area contributed by atoms with Gasteiger partial charge in [0.25, 0.3) is 0 Å². The van der Waals surface area contributed by atoms with Crippen LogP contribution in [0.5, 0.6) is 5.75 Å². The summed E-state index contributed by atoms with van der Waals surface area (Å²) in [6.45, 7) is 2.12. The van der Waals surface area contributed by atoms with Crippen molar-refractivity contribution in [2.75, 3.05) is 7.11 Å². The van der Waals surface area contributed by atoms with E-state index >= 15 is 0 Å². The van der Waals surface area contributed by atoms with Gasteiger partial charge < -0.3 is 9.30 Å². The van der Waals surface area contributed by atoms with E-state index in [1.807, 2.05) is 30.3 Å². The number of hydrogen-bond donors (Lipinski definition) is 0. The molecule has 4 aromatic rings. The SMILES string of the molecule is COc1cccc(-c2ccc3cc(-n4cccc4)c(C)cc3n2)c1. The van der Waals surface area contributed by atoms with Gasteiger partial charge in [-0.1, -0.05) is 18.2 Å². The standard InChI is InChI=1S/C21H18N2O/c1-15-12-20-17(14-21(15)23-10-3-4-11-23)8-9-19(22-20)16-6-5-7-18(13-16)24-2/h3-14H,1-2H3. The number of benzene rings is 2. The van der Waals surface area contributed by atoms with Crippen LogP contribution in [0.2, 0.25) is 0 Å². The predicted molar refractivity (Wildman–Crippen MR) is 97.8 cm³/mol. The fourth-order valence-corrected chi connectivity index (χ4v) is 2.98. The molecule has 0 aliphatic heterocycles. The molecule has 2 aromatic heterocycles. The van der Waals surface area contributed by atoms with Crippen LogP contribution in [0.3, 0.4) is 0 Å². The first-order valence-corrected chi connectivity index (χ1v) is 7.94. The van der Waals surface area contributed by atoms with Crippen molar-refractivity contribution < 1.29 is 4.74 Å². The summed E-state index contributed by atoms with van der Waals surface area (Å²) in [5.74, 6) is 0.841. The Morgan fingerprint density at radius 2 is 1.75 bits per heavy atom. The van der Waals surface area contributed by atoms with Crippen LogP contribution in [-0.2, 0) is 0 Å². The van der Waals surface area contributed by atoms with E-state index in [9.17, 15) is 0 Å². The molecule has 0 amide bonds. The zero-order valence-electron chi connectivity index (χ0n) is 13.7. The minimum atomic E-state index is 0.841. The van der Waals surface area contributed by atoms with Gasteiger partial charge in [0.1, 0.15) is 5.75 Å². The summed E-state index contributed by atoms with van der Waals surface area (Å²) in [6, 6.07) is 20.6. The van der Waals surface area contributed by atoms with E-state index in [0.29, 0.717) is 0 Å². The highest BCUT2D eigenvalue weighted by atomic mass is 16.5. The molecular formula is C21H18N2O. The highest BCUT2D eigenvalue weighted by molar-refractivity contribution is 5.84. The summed E-state index contributed by atoms with van der Waals surface area (Å²) in [5, 5.41) is 1.14. The summed E-state index contributed by atoms with van der Waals surface area (Å²) >= 11 is 0. The number of pyridine rings is 1. The molecule has 0 aliphatic rings. The normalized spacial score (nSPS) is 10.9. The molecule has 24 heavy (non-hydrogen) atoms. The molecule has 0 unspecified atom stereocenters. The Bertz CT molecular complexity index is 1000. The lowest BCUT2D eigenvalue weighted by Gasteiger charge is -2.10. The molecular weight excluding hydrogens is 296 g/mol. The third-order valence-electron chi connectivity index (χ3n) is 4.26. The lowest BCUT2D eigenvalue weighted by molar-refractivity contribution is 0.415. The van der Waals surface area contributed by atoms with E-state index in [0.717, 1.165) is 27.9 Å². The molecule has 4 rings (SSSR count). The van der Waals surface area contributed by atoms with Crippen LogP contribution < -0.4 is 4.74 Å².